The molecule has 0 radical (unpaired) electrons. The summed E-state index contributed by atoms with van der Waals surface area (Å²) in [5.41, 5.74) is 1.80. The van der Waals surface area contributed by atoms with Crippen LogP contribution in [0.25, 0.3) is 16.9 Å². The molecule has 124 valence electrons. The molecule has 6 nitrogen and oxygen atoms in total. The number of nitrogens with one attached hydrogen (secondary N) is 1. The number of hydrogen-bond donors (Lipinski definition) is 1. The van der Waals surface area contributed by atoms with Gasteiger partial charge in [-0.2, -0.15) is 5.10 Å². The maximum absolute atomic E-state index is 12.9. The van der Waals surface area contributed by atoms with E-state index in [1.807, 2.05) is 12.1 Å². The van der Waals surface area contributed by atoms with Crippen LogP contribution in [0.1, 0.15) is 12.1 Å². The summed E-state index contributed by atoms with van der Waals surface area (Å²) in [6.07, 6.45) is 0.760. The maximum atomic E-state index is 12.9. The lowest BCUT2D eigenvalue weighted by Crippen LogP contribution is -2.43. The molecule has 1 saturated heterocycles. The number of aromatic nitrogens is 4. The normalized spacial score (nSPS) is 15.4. The van der Waals surface area contributed by atoms with E-state index in [0.717, 1.165) is 37.6 Å². The van der Waals surface area contributed by atoms with Crippen LogP contribution in [0, 0.1) is 0 Å². The lowest BCUT2D eigenvalue weighted by molar-refractivity contribution is 0.144. The fourth-order valence-corrected chi connectivity index (χ4v) is 2.85. The van der Waals surface area contributed by atoms with Crippen LogP contribution >= 0.6 is 0 Å². The van der Waals surface area contributed by atoms with Gasteiger partial charge >= 0.3 is 0 Å². The molecule has 0 aliphatic carbocycles. The van der Waals surface area contributed by atoms with Gasteiger partial charge < -0.3 is 10.2 Å². The third kappa shape index (κ3) is 2.69. The molecule has 8 heteroatoms. The molecule has 0 aromatic carbocycles. The second-order valence-electron chi connectivity index (χ2n) is 5.61. The number of rotatable bonds is 3. The molecule has 0 bridgehead atoms. The summed E-state index contributed by atoms with van der Waals surface area (Å²) in [6, 6.07) is 6.64. The summed E-state index contributed by atoms with van der Waals surface area (Å²) in [7, 11) is 0. The zero-order valence-corrected chi connectivity index (χ0v) is 12.9. The molecule has 4 heterocycles. The zero-order chi connectivity index (χ0) is 16.5. The van der Waals surface area contributed by atoms with Crippen molar-refractivity contribution in [2.75, 3.05) is 31.1 Å². The van der Waals surface area contributed by atoms with E-state index in [2.05, 4.69) is 25.3 Å². The summed E-state index contributed by atoms with van der Waals surface area (Å²) >= 11 is 0. The predicted octanol–water partition coefficient (Wildman–Crippen LogP) is 2.14. The van der Waals surface area contributed by atoms with Crippen LogP contribution in [0.15, 0.2) is 36.7 Å². The maximum Gasteiger partial charge on any atom is 0.282 e. The molecule has 0 atom stereocenters. The first kappa shape index (κ1) is 14.9. The highest BCUT2D eigenvalue weighted by Gasteiger charge is 2.15. The van der Waals surface area contributed by atoms with Gasteiger partial charge in [-0.1, -0.05) is 0 Å². The lowest BCUT2D eigenvalue weighted by Gasteiger charge is -2.28. The van der Waals surface area contributed by atoms with Gasteiger partial charge in [0.2, 0.25) is 0 Å². The van der Waals surface area contributed by atoms with Gasteiger partial charge in [0.05, 0.1) is 11.9 Å². The zero-order valence-electron chi connectivity index (χ0n) is 12.9. The van der Waals surface area contributed by atoms with Crippen molar-refractivity contribution in [3.05, 3.63) is 42.4 Å². The second kappa shape index (κ2) is 6.12. The van der Waals surface area contributed by atoms with Crippen LogP contribution in [0.3, 0.4) is 0 Å². The van der Waals surface area contributed by atoms with Crippen LogP contribution in [-0.4, -0.2) is 45.8 Å². The summed E-state index contributed by atoms with van der Waals surface area (Å²) in [4.78, 5) is 10.9. The van der Waals surface area contributed by atoms with Crippen molar-refractivity contribution in [3.8, 4) is 11.3 Å². The number of nitrogens with zero attached hydrogens (tertiary/aromatic N) is 5. The third-order valence-electron chi connectivity index (χ3n) is 4.09. The molecule has 1 fully saturated rings. The van der Waals surface area contributed by atoms with Crippen molar-refractivity contribution in [1.82, 2.24) is 24.9 Å². The number of imidazole rings is 1. The molecule has 0 saturated carbocycles. The molecule has 3 aromatic heterocycles. The highest BCUT2D eigenvalue weighted by Crippen LogP contribution is 2.25. The number of hydrogen-bond acceptors (Lipinski definition) is 5. The highest BCUT2D eigenvalue weighted by atomic mass is 19.3. The Balaban J connectivity index is 1.75. The van der Waals surface area contributed by atoms with Crippen LogP contribution in [-0.2, 0) is 0 Å². The summed E-state index contributed by atoms with van der Waals surface area (Å²) in [5, 5.41) is 7.32. The van der Waals surface area contributed by atoms with E-state index in [1.165, 1.54) is 10.6 Å². The summed E-state index contributed by atoms with van der Waals surface area (Å²) in [6.45, 7) is 3.61. The number of alkyl halides is 2. The molecular formula is C16H16F2N6. The molecule has 0 amide bonds. The minimum absolute atomic E-state index is 0.266. The molecule has 24 heavy (non-hydrogen) atoms. The molecule has 1 aliphatic rings. The fourth-order valence-electron chi connectivity index (χ4n) is 2.85. The Morgan fingerprint density at radius 1 is 1.08 bits per heavy atom. The largest absolute Gasteiger partial charge is 0.354 e. The standard InChI is InChI=1S/C16H16F2N6/c17-16(18)12-1-2-14-21-10-13(24(14)22-12)11-3-4-20-15(9-11)23-7-5-19-6-8-23/h1-4,9-10,16,19H,5-8H2. The van der Waals surface area contributed by atoms with Crippen molar-refractivity contribution in [2.45, 2.75) is 6.43 Å². The Labute approximate surface area is 137 Å². The molecule has 0 spiro atoms. The molecule has 4 rings (SSSR count). The van der Waals surface area contributed by atoms with E-state index in [0.29, 0.717) is 11.3 Å². The number of halogens is 2. The van der Waals surface area contributed by atoms with Crippen molar-refractivity contribution in [2.24, 2.45) is 0 Å². The number of pyridine rings is 1. The monoisotopic (exact) mass is 330 g/mol. The average molecular weight is 330 g/mol. The molecule has 0 unspecified atom stereocenters. The van der Waals surface area contributed by atoms with E-state index in [1.54, 1.807) is 18.5 Å². The minimum Gasteiger partial charge on any atom is -0.354 e. The Morgan fingerprint density at radius 2 is 1.92 bits per heavy atom. The van der Waals surface area contributed by atoms with Gasteiger partial charge in [0, 0.05) is 37.9 Å². The van der Waals surface area contributed by atoms with Crippen molar-refractivity contribution >= 4 is 11.5 Å². The summed E-state index contributed by atoms with van der Waals surface area (Å²) in [5.74, 6) is 0.869. The van der Waals surface area contributed by atoms with E-state index in [4.69, 9.17) is 0 Å². The van der Waals surface area contributed by atoms with E-state index >= 15 is 0 Å². The SMILES string of the molecule is FC(F)c1ccc2ncc(-c3ccnc(N4CCNCC4)c3)n2n1. The van der Waals surface area contributed by atoms with E-state index < -0.39 is 6.43 Å². The van der Waals surface area contributed by atoms with Gasteiger partial charge in [0.15, 0.2) is 5.65 Å². The number of anilines is 1. The van der Waals surface area contributed by atoms with Gasteiger partial charge in [-0.3, -0.25) is 0 Å². The molecular weight excluding hydrogens is 314 g/mol. The first-order chi connectivity index (χ1) is 11.7. The van der Waals surface area contributed by atoms with Crippen LogP contribution < -0.4 is 10.2 Å². The lowest BCUT2D eigenvalue weighted by atomic mass is 10.2. The number of fused-ring (bicyclic) bond motifs is 1. The first-order valence-corrected chi connectivity index (χ1v) is 7.77. The van der Waals surface area contributed by atoms with Crippen LogP contribution in [0.5, 0.6) is 0 Å². The smallest absolute Gasteiger partial charge is 0.282 e. The Bertz CT molecular complexity index is 857. The highest BCUT2D eigenvalue weighted by molar-refractivity contribution is 5.66. The first-order valence-electron chi connectivity index (χ1n) is 7.77. The Hall–Kier alpha value is -2.61. The Morgan fingerprint density at radius 3 is 2.71 bits per heavy atom. The average Bonchev–Trinajstić information content (AvgIpc) is 3.05. The van der Waals surface area contributed by atoms with Crippen LogP contribution in [0.2, 0.25) is 0 Å². The quantitative estimate of drug-likeness (QED) is 0.797. The van der Waals surface area contributed by atoms with Gasteiger partial charge in [0.1, 0.15) is 11.5 Å². The van der Waals surface area contributed by atoms with Crippen molar-refractivity contribution in [1.29, 1.82) is 0 Å². The van der Waals surface area contributed by atoms with Gasteiger partial charge in [-0.25, -0.2) is 23.3 Å². The number of piperazine rings is 1. The topological polar surface area (TPSA) is 58.4 Å². The van der Waals surface area contributed by atoms with Crippen LogP contribution in [0.4, 0.5) is 14.6 Å². The third-order valence-corrected chi connectivity index (χ3v) is 4.09. The van der Waals surface area contributed by atoms with Crippen molar-refractivity contribution in [3.63, 3.8) is 0 Å². The molecule has 3 aromatic rings. The van der Waals surface area contributed by atoms with E-state index in [-0.39, 0.29) is 5.69 Å². The minimum atomic E-state index is -2.61. The molecule has 1 aliphatic heterocycles. The molecule has 1 N–H and O–H groups in total. The van der Waals surface area contributed by atoms with Gasteiger partial charge in [0.25, 0.3) is 6.43 Å². The predicted molar refractivity (Wildman–Crippen MR) is 86.3 cm³/mol. The fraction of sp³-hybridized carbons (Fsp3) is 0.312. The van der Waals surface area contributed by atoms with E-state index in [9.17, 15) is 8.78 Å². The van der Waals surface area contributed by atoms with Gasteiger partial charge in [-0.05, 0) is 24.3 Å². The van der Waals surface area contributed by atoms with Crippen molar-refractivity contribution < 1.29 is 8.78 Å². The Kier molecular flexibility index (Phi) is 3.81. The summed E-state index contributed by atoms with van der Waals surface area (Å²) < 4.78 is 27.3. The second-order valence-corrected chi connectivity index (χ2v) is 5.61. The van der Waals surface area contributed by atoms with Gasteiger partial charge in [-0.15, -0.1) is 0 Å².